The van der Waals surface area contributed by atoms with Gasteiger partial charge in [-0.2, -0.15) is 0 Å². The highest BCUT2D eigenvalue weighted by molar-refractivity contribution is 7.18. The Morgan fingerprint density at radius 1 is 1.33 bits per heavy atom. The highest BCUT2D eigenvalue weighted by Crippen LogP contribution is 2.35. The molecular formula is C17H22N4O2S. The minimum absolute atomic E-state index is 0.247. The van der Waals surface area contributed by atoms with E-state index in [1.807, 2.05) is 18.2 Å². The van der Waals surface area contributed by atoms with Crippen molar-refractivity contribution < 1.29 is 9.59 Å². The molecule has 2 heterocycles. The van der Waals surface area contributed by atoms with Gasteiger partial charge in [-0.3, -0.25) is 15.0 Å². The van der Waals surface area contributed by atoms with E-state index in [4.69, 9.17) is 4.98 Å². The lowest BCUT2D eigenvalue weighted by molar-refractivity contribution is -0.120. The number of piperidine rings is 1. The quantitative estimate of drug-likeness (QED) is 0.892. The van der Waals surface area contributed by atoms with Crippen LogP contribution < -0.4 is 10.6 Å². The standard InChI is InChI=1S/C17H22N4O2S/c1-18-17(23)20-15(22)9-11-21-10-5-4-7-13(21)16-19-12-6-2-3-8-14(12)24-16/h2-3,6,8,13H,4-5,7,9-11H2,1H3,(H2,18,20,22,23). The third-order valence-electron chi connectivity index (χ3n) is 4.32. The molecule has 1 aromatic heterocycles. The van der Waals surface area contributed by atoms with E-state index in [1.165, 1.54) is 18.2 Å². The zero-order chi connectivity index (χ0) is 16.9. The SMILES string of the molecule is CNC(=O)NC(=O)CCN1CCCCC1c1nc2ccccc2s1. The molecule has 3 rings (SSSR count). The summed E-state index contributed by atoms with van der Waals surface area (Å²) in [6.07, 6.45) is 3.70. The van der Waals surface area contributed by atoms with Gasteiger partial charge in [0, 0.05) is 20.0 Å². The van der Waals surface area contributed by atoms with E-state index in [2.05, 4.69) is 21.6 Å². The zero-order valence-electron chi connectivity index (χ0n) is 13.7. The Hall–Kier alpha value is -1.99. The maximum absolute atomic E-state index is 11.8. The molecule has 7 heteroatoms. The molecule has 1 atom stereocenters. The summed E-state index contributed by atoms with van der Waals surface area (Å²) in [6.45, 7) is 1.61. The molecule has 24 heavy (non-hydrogen) atoms. The summed E-state index contributed by atoms with van der Waals surface area (Å²) in [5.41, 5.74) is 1.04. The Morgan fingerprint density at radius 2 is 2.17 bits per heavy atom. The number of carbonyl (C=O) groups excluding carboxylic acids is 2. The lowest BCUT2D eigenvalue weighted by Crippen LogP contribution is -2.40. The van der Waals surface area contributed by atoms with Gasteiger partial charge in [-0.15, -0.1) is 11.3 Å². The Kier molecular flexibility index (Phi) is 5.42. The Morgan fingerprint density at radius 3 is 2.96 bits per heavy atom. The van der Waals surface area contributed by atoms with Crippen molar-refractivity contribution in [3.8, 4) is 0 Å². The van der Waals surface area contributed by atoms with Crippen molar-refractivity contribution in [3.05, 3.63) is 29.3 Å². The van der Waals surface area contributed by atoms with E-state index in [0.717, 1.165) is 29.9 Å². The monoisotopic (exact) mass is 346 g/mol. The number of benzene rings is 1. The smallest absolute Gasteiger partial charge is 0.321 e. The highest BCUT2D eigenvalue weighted by Gasteiger charge is 2.27. The number of nitrogens with one attached hydrogen (secondary N) is 2. The topological polar surface area (TPSA) is 74.3 Å². The van der Waals surface area contributed by atoms with E-state index in [1.54, 1.807) is 11.3 Å². The Balaban J connectivity index is 1.67. The highest BCUT2D eigenvalue weighted by atomic mass is 32.1. The fraction of sp³-hybridized carbons (Fsp3) is 0.471. The fourth-order valence-corrected chi connectivity index (χ4v) is 4.20. The van der Waals surface area contributed by atoms with Gasteiger partial charge in [-0.1, -0.05) is 18.6 Å². The number of hydrogen-bond donors (Lipinski definition) is 2. The molecule has 1 saturated heterocycles. The number of para-hydroxylation sites is 1. The molecule has 3 amide bonds. The number of rotatable bonds is 4. The summed E-state index contributed by atoms with van der Waals surface area (Å²) in [4.78, 5) is 30.1. The van der Waals surface area contributed by atoms with Gasteiger partial charge in [0.1, 0.15) is 5.01 Å². The number of fused-ring (bicyclic) bond motifs is 1. The average molecular weight is 346 g/mol. The molecule has 0 aliphatic carbocycles. The fourth-order valence-electron chi connectivity index (χ4n) is 3.07. The average Bonchev–Trinajstić information content (AvgIpc) is 3.04. The zero-order valence-corrected chi connectivity index (χ0v) is 14.6. The molecule has 128 valence electrons. The van der Waals surface area contributed by atoms with Crippen molar-refractivity contribution in [2.24, 2.45) is 0 Å². The number of hydrogen-bond acceptors (Lipinski definition) is 5. The molecular weight excluding hydrogens is 324 g/mol. The van der Waals surface area contributed by atoms with Gasteiger partial charge in [0.25, 0.3) is 0 Å². The lowest BCUT2D eigenvalue weighted by atomic mass is 10.0. The molecule has 1 fully saturated rings. The van der Waals surface area contributed by atoms with Crippen LogP contribution in [0, 0.1) is 0 Å². The van der Waals surface area contributed by atoms with Crippen LogP contribution in [0.15, 0.2) is 24.3 Å². The minimum atomic E-state index is -0.457. The van der Waals surface area contributed by atoms with Gasteiger partial charge < -0.3 is 5.32 Å². The summed E-state index contributed by atoms with van der Waals surface area (Å²) in [5.74, 6) is -0.247. The van der Waals surface area contributed by atoms with Crippen LogP contribution in [0.1, 0.15) is 36.7 Å². The van der Waals surface area contributed by atoms with Crippen molar-refractivity contribution in [1.82, 2.24) is 20.5 Å². The molecule has 0 bridgehead atoms. The first-order chi connectivity index (χ1) is 11.7. The molecule has 1 unspecified atom stereocenters. The summed E-state index contributed by atoms with van der Waals surface area (Å²) < 4.78 is 1.20. The van der Waals surface area contributed by atoms with Gasteiger partial charge in [0.2, 0.25) is 5.91 Å². The van der Waals surface area contributed by atoms with E-state index in [9.17, 15) is 9.59 Å². The van der Waals surface area contributed by atoms with Gasteiger partial charge in [-0.05, 0) is 31.5 Å². The van der Waals surface area contributed by atoms with Gasteiger partial charge in [-0.25, -0.2) is 9.78 Å². The largest absolute Gasteiger partial charge is 0.341 e. The number of aromatic nitrogens is 1. The van der Waals surface area contributed by atoms with Gasteiger partial charge >= 0.3 is 6.03 Å². The lowest BCUT2D eigenvalue weighted by Gasteiger charge is -2.34. The third kappa shape index (κ3) is 3.91. The summed E-state index contributed by atoms with van der Waals surface area (Å²) in [7, 11) is 1.50. The van der Waals surface area contributed by atoms with Crippen molar-refractivity contribution >= 4 is 33.5 Å². The number of nitrogens with zero attached hydrogens (tertiary/aromatic N) is 2. The van der Waals surface area contributed by atoms with Crippen LogP contribution in [0.4, 0.5) is 4.79 Å². The number of imide groups is 1. The Labute approximate surface area is 145 Å². The number of carbonyl (C=O) groups is 2. The predicted molar refractivity (Wildman–Crippen MR) is 95.0 cm³/mol. The number of likely N-dealkylation sites (tertiary alicyclic amines) is 1. The normalized spacial score (nSPS) is 18.5. The van der Waals surface area contributed by atoms with E-state index >= 15 is 0 Å². The second kappa shape index (κ2) is 7.72. The van der Waals surface area contributed by atoms with Crippen LogP contribution in [0.2, 0.25) is 0 Å². The van der Waals surface area contributed by atoms with Crippen molar-refractivity contribution in [2.75, 3.05) is 20.1 Å². The van der Waals surface area contributed by atoms with E-state index in [0.29, 0.717) is 13.0 Å². The molecule has 1 aromatic carbocycles. The predicted octanol–water partition coefficient (Wildman–Crippen LogP) is 2.67. The number of thiazole rings is 1. The second-order valence-corrected chi connectivity index (χ2v) is 7.01. The van der Waals surface area contributed by atoms with Crippen LogP contribution in [-0.4, -0.2) is 42.0 Å². The molecule has 0 spiro atoms. The maximum Gasteiger partial charge on any atom is 0.321 e. The first-order valence-electron chi connectivity index (χ1n) is 8.28. The van der Waals surface area contributed by atoms with Gasteiger partial charge in [0.05, 0.1) is 16.3 Å². The van der Waals surface area contributed by atoms with E-state index in [-0.39, 0.29) is 11.9 Å². The molecule has 2 N–H and O–H groups in total. The van der Waals surface area contributed by atoms with Crippen LogP contribution in [0.25, 0.3) is 10.2 Å². The molecule has 0 saturated carbocycles. The molecule has 0 radical (unpaired) electrons. The summed E-state index contributed by atoms with van der Waals surface area (Å²) >= 11 is 1.74. The van der Waals surface area contributed by atoms with Gasteiger partial charge in [0.15, 0.2) is 0 Å². The minimum Gasteiger partial charge on any atom is -0.341 e. The molecule has 1 aliphatic heterocycles. The van der Waals surface area contributed by atoms with Crippen LogP contribution >= 0.6 is 11.3 Å². The van der Waals surface area contributed by atoms with Crippen molar-refractivity contribution in [1.29, 1.82) is 0 Å². The molecule has 1 aliphatic rings. The second-order valence-electron chi connectivity index (χ2n) is 5.94. The summed E-state index contributed by atoms with van der Waals surface area (Å²) in [6, 6.07) is 7.99. The summed E-state index contributed by atoms with van der Waals surface area (Å²) in [5, 5.41) is 5.83. The van der Waals surface area contributed by atoms with E-state index < -0.39 is 6.03 Å². The number of urea groups is 1. The number of amides is 3. The molecule has 6 nitrogen and oxygen atoms in total. The third-order valence-corrected chi connectivity index (χ3v) is 5.45. The van der Waals surface area contributed by atoms with Crippen LogP contribution in [-0.2, 0) is 4.79 Å². The Bertz CT molecular complexity index is 697. The van der Waals surface area contributed by atoms with Crippen LogP contribution in [0.3, 0.4) is 0 Å². The van der Waals surface area contributed by atoms with Crippen molar-refractivity contribution in [3.63, 3.8) is 0 Å². The first-order valence-corrected chi connectivity index (χ1v) is 9.10. The van der Waals surface area contributed by atoms with Crippen molar-refractivity contribution in [2.45, 2.75) is 31.7 Å². The van der Waals surface area contributed by atoms with Crippen LogP contribution in [0.5, 0.6) is 0 Å². The first kappa shape index (κ1) is 16.9. The molecule has 2 aromatic rings. The maximum atomic E-state index is 11.8.